The second kappa shape index (κ2) is 18.1. The van der Waals surface area contributed by atoms with Crippen LogP contribution in [0.2, 0.25) is 0 Å². The highest BCUT2D eigenvalue weighted by Gasteiger charge is 2.29. The first-order valence-corrected chi connectivity index (χ1v) is 9.78. The monoisotopic (exact) mass is 540 g/mol. The van der Waals surface area contributed by atoms with Crippen molar-refractivity contribution < 1.29 is 74.7 Å². The van der Waals surface area contributed by atoms with Gasteiger partial charge in [0.25, 0.3) is 0 Å². The number of phenols is 1. The van der Waals surface area contributed by atoms with Gasteiger partial charge < -0.3 is 46.0 Å². The van der Waals surface area contributed by atoms with E-state index in [2.05, 4.69) is 0 Å². The number of benzene rings is 2. The maximum atomic E-state index is 10.4. The number of carboxylic acid groups (broad SMARTS) is 6. The van der Waals surface area contributed by atoms with Crippen molar-refractivity contribution in [1.29, 1.82) is 0 Å². The normalized spacial score (nSPS) is 11.0. The van der Waals surface area contributed by atoms with E-state index in [0.717, 1.165) is 0 Å². The smallest absolute Gasteiger partial charge is 0.339 e. The van der Waals surface area contributed by atoms with Crippen LogP contribution in [0.4, 0.5) is 0 Å². The Hall–Kier alpha value is -5.28. The number of hydrogen-bond acceptors (Lipinski definition) is 9. The lowest BCUT2D eigenvalue weighted by molar-refractivity contribution is -0.165. The largest absolute Gasteiger partial charge is 0.507 e. The van der Waals surface area contributed by atoms with Gasteiger partial charge in [-0.25, -0.2) is 28.8 Å². The fraction of sp³-hybridized carbons (Fsp3) is 0.130. The minimum absolute atomic E-state index is 0.0509. The Morgan fingerprint density at radius 3 is 1.32 bits per heavy atom. The van der Waals surface area contributed by atoms with Crippen LogP contribution in [0.25, 0.3) is 0 Å². The summed E-state index contributed by atoms with van der Waals surface area (Å²) in [5.74, 6) is -8.19. The molecule has 2 unspecified atom stereocenters. The van der Waals surface area contributed by atoms with Gasteiger partial charge >= 0.3 is 35.8 Å². The zero-order valence-electron chi connectivity index (χ0n) is 19.4. The first-order chi connectivity index (χ1) is 17.5. The molecule has 2 aromatic rings. The van der Waals surface area contributed by atoms with Crippen LogP contribution >= 0.6 is 0 Å². The van der Waals surface area contributed by atoms with Crippen LogP contribution in [0.5, 0.6) is 5.75 Å². The van der Waals surface area contributed by atoms with E-state index >= 15 is 0 Å². The van der Waals surface area contributed by atoms with Crippen molar-refractivity contribution >= 4 is 35.8 Å². The lowest BCUT2D eigenvalue weighted by Gasteiger charge is -2.07. The number of aliphatic hydroxyl groups is 2. The number of para-hydroxylation sites is 1. The van der Waals surface area contributed by atoms with E-state index in [0.29, 0.717) is 23.3 Å². The molecule has 15 heteroatoms. The summed E-state index contributed by atoms with van der Waals surface area (Å²) in [5, 5.41) is 74.3. The third-order valence-electron chi connectivity index (χ3n) is 3.66. The Kier molecular flexibility index (Phi) is 16.6. The standard InChI is InChI=1S/C8H8O3.C7H6O2.C4H6O6.C4H4O4/c1-5-3-2-4-6(7(5)9)8(10)11;8-7(9)6-4-2-1-3-5-6;5-1(3(7)8)2(6)4(9)10;5-3(6)1-2-4(7)8/h2-4,9H,1H3,(H,10,11);1-5H,(H,8,9);1-2,5-6H,(H,7,8)(H,9,10);1-2H,(H,5,6)(H,7,8)/b;;;2-1-. The van der Waals surface area contributed by atoms with Gasteiger partial charge in [-0.1, -0.05) is 30.3 Å². The lowest BCUT2D eigenvalue weighted by atomic mass is 10.1. The molecule has 38 heavy (non-hydrogen) atoms. The topological polar surface area (TPSA) is 284 Å². The summed E-state index contributed by atoms with van der Waals surface area (Å²) in [5.41, 5.74) is 0.854. The maximum absolute atomic E-state index is 10.4. The van der Waals surface area contributed by atoms with Gasteiger partial charge in [-0.05, 0) is 30.7 Å². The summed E-state index contributed by atoms with van der Waals surface area (Å²) in [4.78, 5) is 59.3. The fourth-order valence-electron chi connectivity index (χ4n) is 1.82. The number of aromatic carboxylic acids is 2. The molecule has 0 fully saturated rings. The molecular formula is C23H24O15. The van der Waals surface area contributed by atoms with Crippen LogP contribution in [0.1, 0.15) is 26.3 Å². The molecule has 15 nitrogen and oxygen atoms in total. The van der Waals surface area contributed by atoms with Gasteiger partial charge in [-0.3, -0.25) is 0 Å². The first kappa shape index (κ1) is 34.9. The van der Waals surface area contributed by atoms with Gasteiger partial charge in [0.1, 0.15) is 11.3 Å². The molecule has 0 radical (unpaired) electrons. The summed E-state index contributed by atoms with van der Waals surface area (Å²) in [7, 11) is 0. The Balaban J connectivity index is 0. The summed E-state index contributed by atoms with van der Waals surface area (Å²) in [6.07, 6.45) is -3.42. The number of aromatic hydroxyl groups is 1. The van der Waals surface area contributed by atoms with Crippen LogP contribution in [0, 0.1) is 6.92 Å². The SMILES string of the molecule is Cc1cccc(C(=O)O)c1O.O=C(O)/C=C\C(=O)O.O=C(O)C(O)C(O)C(=O)O.O=C(O)c1ccccc1. The van der Waals surface area contributed by atoms with E-state index in [9.17, 15) is 33.9 Å². The van der Waals surface area contributed by atoms with Crippen molar-refractivity contribution in [3.8, 4) is 5.75 Å². The summed E-state index contributed by atoms with van der Waals surface area (Å²) >= 11 is 0. The Morgan fingerprint density at radius 2 is 1.05 bits per heavy atom. The van der Waals surface area contributed by atoms with E-state index in [1.807, 2.05) is 0 Å². The van der Waals surface area contributed by atoms with Gasteiger partial charge in [0.05, 0.1) is 5.56 Å². The minimum atomic E-state index is -2.27. The van der Waals surface area contributed by atoms with Gasteiger partial charge in [-0.2, -0.15) is 0 Å². The number of rotatable bonds is 7. The quantitative estimate of drug-likeness (QED) is 0.214. The van der Waals surface area contributed by atoms with Crippen molar-refractivity contribution in [3.63, 3.8) is 0 Å². The lowest BCUT2D eigenvalue weighted by Crippen LogP contribution is -2.39. The second-order valence-corrected chi connectivity index (χ2v) is 6.52. The number of aryl methyl sites for hydroxylation is 1. The van der Waals surface area contributed by atoms with Crippen molar-refractivity contribution in [1.82, 2.24) is 0 Å². The van der Waals surface area contributed by atoms with E-state index in [-0.39, 0.29) is 11.3 Å². The highest BCUT2D eigenvalue weighted by molar-refractivity contribution is 5.91. The Morgan fingerprint density at radius 1 is 0.632 bits per heavy atom. The summed E-state index contributed by atoms with van der Waals surface area (Å²) in [6.45, 7) is 1.65. The van der Waals surface area contributed by atoms with E-state index in [1.54, 1.807) is 49.4 Å². The third-order valence-corrected chi connectivity index (χ3v) is 3.66. The Bertz CT molecular complexity index is 1100. The molecule has 0 aliphatic rings. The average molecular weight is 540 g/mol. The molecule has 9 N–H and O–H groups in total. The Labute approximate surface area is 213 Å². The molecule has 0 aromatic heterocycles. The van der Waals surface area contributed by atoms with Crippen molar-refractivity contribution in [2.75, 3.05) is 0 Å². The molecule has 2 rings (SSSR count). The molecule has 0 aliphatic heterocycles. The van der Waals surface area contributed by atoms with E-state index in [1.165, 1.54) is 6.07 Å². The molecule has 2 aromatic carbocycles. The molecule has 0 spiro atoms. The number of aliphatic hydroxyl groups excluding tert-OH is 2. The minimum Gasteiger partial charge on any atom is -0.507 e. The van der Waals surface area contributed by atoms with Crippen molar-refractivity contribution in [2.45, 2.75) is 19.1 Å². The molecule has 2 atom stereocenters. The maximum Gasteiger partial charge on any atom is 0.339 e. The highest BCUT2D eigenvalue weighted by atomic mass is 16.4. The third kappa shape index (κ3) is 15.6. The predicted molar refractivity (Wildman–Crippen MR) is 125 cm³/mol. The van der Waals surface area contributed by atoms with Gasteiger partial charge in [-0.15, -0.1) is 0 Å². The van der Waals surface area contributed by atoms with Crippen molar-refractivity contribution in [3.05, 3.63) is 77.4 Å². The molecule has 0 aliphatic carbocycles. The fourth-order valence-corrected chi connectivity index (χ4v) is 1.82. The molecule has 0 bridgehead atoms. The highest BCUT2D eigenvalue weighted by Crippen LogP contribution is 2.20. The molecule has 0 saturated heterocycles. The van der Waals surface area contributed by atoms with Crippen molar-refractivity contribution in [2.24, 2.45) is 0 Å². The number of aliphatic carboxylic acids is 4. The number of hydrogen-bond donors (Lipinski definition) is 9. The van der Waals surface area contributed by atoms with E-state index in [4.69, 9.17) is 40.9 Å². The number of carboxylic acids is 6. The molecule has 206 valence electrons. The van der Waals surface area contributed by atoms with Crippen LogP contribution < -0.4 is 0 Å². The zero-order valence-corrected chi connectivity index (χ0v) is 19.4. The first-order valence-electron chi connectivity index (χ1n) is 9.78. The number of carbonyl (C=O) groups is 6. The van der Waals surface area contributed by atoms with Crippen LogP contribution in [-0.2, 0) is 19.2 Å². The summed E-state index contributed by atoms with van der Waals surface area (Å²) in [6, 6.07) is 12.9. The van der Waals surface area contributed by atoms with Crippen LogP contribution in [-0.4, -0.2) is 94.0 Å². The predicted octanol–water partition coefficient (Wildman–Crippen LogP) is 0.373. The zero-order chi connectivity index (χ0) is 30.0. The van der Waals surface area contributed by atoms with Gasteiger partial charge in [0.2, 0.25) is 0 Å². The molecule has 0 amide bonds. The van der Waals surface area contributed by atoms with E-state index < -0.39 is 48.0 Å². The van der Waals surface area contributed by atoms with Gasteiger partial charge in [0, 0.05) is 12.2 Å². The second-order valence-electron chi connectivity index (χ2n) is 6.52. The van der Waals surface area contributed by atoms with Gasteiger partial charge in [0.15, 0.2) is 12.2 Å². The molecular weight excluding hydrogens is 516 g/mol. The summed E-state index contributed by atoms with van der Waals surface area (Å²) < 4.78 is 0. The van der Waals surface area contributed by atoms with Crippen LogP contribution in [0.15, 0.2) is 60.7 Å². The van der Waals surface area contributed by atoms with Crippen LogP contribution in [0.3, 0.4) is 0 Å². The molecule has 0 saturated carbocycles. The average Bonchev–Trinajstić information content (AvgIpc) is 2.85. The molecule has 0 heterocycles.